The van der Waals surface area contributed by atoms with E-state index in [1.54, 1.807) is 4.31 Å². The summed E-state index contributed by atoms with van der Waals surface area (Å²) in [7, 11) is -3.31. The van der Waals surface area contributed by atoms with E-state index in [0.717, 1.165) is 49.2 Å². The molecule has 1 atom stereocenters. The molecule has 6 heteroatoms. The molecule has 1 aromatic rings. The molecule has 0 radical (unpaired) electrons. The second-order valence-corrected chi connectivity index (χ2v) is 8.92. The van der Waals surface area contributed by atoms with Crippen LogP contribution < -0.4 is 5.32 Å². The van der Waals surface area contributed by atoms with Gasteiger partial charge in [0.05, 0.1) is 0 Å². The molecular formula is C15H26N2O2S2. The van der Waals surface area contributed by atoms with Gasteiger partial charge in [0.15, 0.2) is 0 Å². The third-order valence-corrected chi connectivity index (χ3v) is 7.71. The molecule has 0 aliphatic carbocycles. The Balaban J connectivity index is 2.18. The third-order valence-electron chi connectivity index (χ3n) is 4.07. The Hall–Kier alpha value is -0.430. The van der Waals surface area contributed by atoms with Crippen molar-refractivity contribution in [1.29, 1.82) is 0 Å². The highest BCUT2D eigenvalue weighted by Crippen LogP contribution is 2.33. The molecule has 0 bridgehead atoms. The van der Waals surface area contributed by atoms with E-state index in [-0.39, 0.29) is 6.04 Å². The zero-order valence-electron chi connectivity index (χ0n) is 13.2. The van der Waals surface area contributed by atoms with Crippen LogP contribution in [0.15, 0.2) is 10.3 Å². The Morgan fingerprint density at radius 3 is 2.86 bits per heavy atom. The van der Waals surface area contributed by atoms with Gasteiger partial charge in [0, 0.05) is 24.0 Å². The first-order valence-corrected chi connectivity index (χ1v) is 10.1. The van der Waals surface area contributed by atoms with Crippen LogP contribution in [0.2, 0.25) is 0 Å². The maximum atomic E-state index is 12.8. The van der Waals surface area contributed by atoms with Crippen molar-refractivity contribution in [2.75, 3.05) is 13.1 Å². The Bertz CT molecular complexity index is 566. The number of sulfonamides is 1. The number of nitrogens with one attached hydrogen (secondary N) is 1. The summed E-state index contributed by atoms with van der Waals surface area (Å²) in [6, 6.07) is 2.02. The molecule has 0 spiro atoms. The average molecular weight is 331 g/mol. The fourth-order valence-electron chi connectivity index (χ4n) is 2.82. The molecule has 0 amide bonds. The van der Waals surface area contributed by atoms with Gasteiger partial charge in [0.2, 0.25) is 0 Å². The Morgan fingerprint density at radius 2 is 2.19 bits per heavy atom. The number of rotatable bonds is 7. The van der Waals surface area contributed by atoms with Gasteiger partial charge in [-0.2, -0.15) is 4.31 Å². The average Bonchev–Trinajstić information content (AvgIpc) is 3.06. The van der Waals surface area contributed by atoms with Crippen LogP contribution in [0.5, 0.6) is 0 Å². The summed E-state index contributed by atoms with van der Waals surface area (Å²) in [5.41, 5.74) is 1.08. The molecule has 1 fully saturated rings. The lowest BCUT2D eigenvalue weighted by atomic mass is 10.2. The molecule has 1 saturated heterocycles. The highest BCUT2D eigenvalue weighted by molar-refractivity contribution is 7.91. The molecule has 120 valence electrons. The van der Waals surface area contributed by atoms with E-state index in [0.29, 0.717) is 10.8 Å². The van der Waals surface area contributed by atoms with Crippen molar-refractivity contribution in [2.45, 2.75) is 63.3 Å². The molecule has 1 N–H and O–H groups in total. The van der Waals surface area contributed by atoms with Gasteiger partial charge in [0.1, 0.15) is 4.21 Å². The van der Waals surface area contributed by atoms with Crippen LogP contribution in [0, 0.1) is 6.92 Å². The van der Waals surface area contributed by atoms with Crippen molar-refractivity contribution in [2.24, 2.45) is 0 Å². The van der Waals surface area contributed by atoms with E-state index in [1.807, 2.05) is 13.0 Å². The summed E-state index contributed by atoms with van der Waals surface area (Å²) in [6.07, 6.45) is 3.95. The maximum absolute atomic E-state index is 12.8. The number of nitrogens with zero attached hydrogens (tertiary/aromatic N) is 1. The third kappa shape index (κ3) is 3.67. The molecule has 21 heavy (non-hydrogen) atoms. The molecule has 0 aromatic carbocycles. The molecule has 1 unspecified atom stereocenters. The van der Waals surface area contributed by atoms with E-state index < -0.39 is 10.0 Å². The SMILES string of the molecule is CCCNCc1sc(S(=O)(=O)N2CCCC2CC)cc1C. The Labute approximate surface area is 132 Å². The molecule has 0 saturated carbocycles. The molecule has 1 aliphatic rings. The van der Waals surface area contributed by atoms with Gasteiger partial charge < -0.3 is 5.32 Å². The fraction of sp³-hybridized carbons (Fsp3) is 0.733. The van der Waals surface area contributed by atoms with E-state index in [4.69, 9.17) is 0 Å². The van der Waals surface area contributed by atoms with Crippen molar-refractivity contribution >= 4 is 21.4 Å². The molecular weight excluding hydrogens is 304 g/mol. The molecule has 1 aromatic heterocycles. The first-order chi connectivity index (χ1) is 10.0. The van der Waals surface area contributed by atoms with Crippen LogP contribution >= 0.6 is 11.3 Å². The lowest BCUT2D eigenvalue weighted by Gasteiger charge is -2.21. The van der Waals surface area contributed by atoms with Crippen molar-refractivity contribution in [3.05, 3.63) is 16.5 Å². The summed E-state index contributed by atoms with van der Waals surface area (Å²) in [6.45, 7) is 8.59. The predicted molar refractivity (Wildman–Crippen MR) is 88.3 cm³/mol. The first-order valence-electron chi connectivity index (χ1n) is 7.82. The zero-order chi connectivity index (χ0) is 15.5. The summed E-state index contributed by atoms with van der Waals surface area (Å²) >= 11 is 1.42. The standard InChI is InChI=1S/C15H26N2O2S2/c1-4-8-16-11-14-12(3)10-15(20-14)21(18,19)17-9-6-7-13(17)5-2/h10,13,16H,4-9,11H2,1-3H3. The predicted octanol–water partition coefficient (Wildman–Crippen LogP) is 3.12. The Kier molecular flexibility index (Phi) is 5.82. The number of aryl methyl sites for hydroxylation is 1. The second kappa shape index (κ2) is 7.22. The van der Waals surface area contributed by atoms with E-state index in [2.05, 4.69) is 19.2 Å². The summed E-state index contributed by atoms with van der Waals surface area (Å²) < 4.78 is 27.8. The van der Waals surface area contributed by atoms with Crippen molar-refractivity contribution in [3.63, 3.8) is 0 Å². The highest BCUT2D eigenvalue weighted by atomic mass is 32.2. The summed E-state index contributed by atoms with van der Waals surface area (Å²) in [5.74, 6) is 0. The van der Waals surface area contributed by atoms with Crippen LogP contribution in [0.25, 0.3) is 0 Å². The van der Waals surface area contributed by atoms with E-state index in [1.165, 1.54) is 11.3 Å². The maximum Gasteiger partial charge on any atom is 0.252 e. The van der Waals surface area contributed by atoms with Gasteiger partial charge in [-0.15, -0.1) is 11.3 Å². The van der Waals surface area contributed by atoms with E-state index in [9.17, 15) is 8.42 Å². The van der Waals surface area contributed by atoms with Crippen LogP contribution in [0.1, 0.15) is 50.0 Å². The highest BCUT2D eigenvalue weighted by Gasteiger charge is 2.35. The summed E-state index contributed by atoms with van der Waals surface area (Å²) in [4.78, 5) is 1.13. The largest absolute Gasteiger partial charge is 0.312 e. The lowest BCUT2D eigenvalue weighted by molar-refractivity contribution is 0.380. The summed E-state index contributed by atoms with van der Waals surface area (Å²) in [5, 5.41) is 3.35. The first kappa shape index (κ1) is 16.9. The van der Waals surface area contributed by atoms with Gasteiger partial charge in [0.25, 0.3) is 10.0 Å². The van der Waals surface area contributed by atoms with Gasteiger partial charge in [-0.05, 0) is 50.8 Å². The smallest absolute Gasteiger partial charge is 0.252 e. The number of hydrogen-bond acceptors (Lipinski definition) is 4. The second-order valence-electron chi connectivity index (χ2n) is 5.67. The molecule has 4 nitrogen and oxygen atoms in total. The van der Waals surface area contributed by atoms with Crippen molar-refractivity contribution < 1.29 is 8.42 Å². The van der Waals surface area contributed by atoms with Gasteiger partial charge >= 0.3 is 0 Å². The van der Waals surface area contributed by atoms with Gasteiger partial charge in [-0.3, -0.25) is 0 Å². The number of thiophene rings is 1. The normalized spacial score (nSPS) is 20.2. The minimum Gasteiger partial charge on any atom is -0.312 e. The van der Waals surface area contributed by atoms with Crippen molar-refractivity contribution in [3.8, 4) is 0 Å². The molecule has 2 heterocycles. The van der Waals surface area contributed by atoms with Crippen molar-refractivity contribution in [1.82, 2.24) is 9.62 Å². The van der Waals surface area contributed by atoms with Crippen LogP contribution in [-0.2, 0) is 16.6 Å². The fourth-order valence-corrected chi connectivity index (χ4v) is 6.28. The lowest BCUT2D eigenvalue weighted by Crippen LogP contribution is -2.34. The van der Waals surface area contributed by atoms with E-state index >= 15 is 0 Å². The number of hydrogen-bond donors (Lipinski definition) is 1. The van der Waals surface area contributed by atoms with Crippen LogP contribution in [-0.4, -0.2) is 31.9 Å². The quantitative estimate of drug-likeness (QED) is 0.782. The zero-order valence-corrected chi connectivity index (χ0v) is 14.8. The van der Waals surface area contributed by atoms with Gasteiger partial charge in [-0.1, -0.05) is 13.8 Å². The topological polar surface area (TPSA) is 49.4 Å². The molecule has 1 aliphatic heterocycles. The molecule has 2 rings (SSSR count). The monoisotopic (exact) mass is 330 g/mol. The minimum atomic E-state index is -3.31. The van der Waals surface area contributed by atoms with Crippen LogP contribution in [0.4, 0.5) is 0 Å². The minimum absolute atomic E-state index is 0.180. The van der Waals surface area contributed by atoms with Gasteiger partial charge in [-0.25, -0.2) is 8.42 Å². The van der Waals surface area contributed by atoms with Crippen LogP contribution in [0.3, 0.4) is 0 Å². The Morgan fingerprint density at radius 1 is 1.43 bits per heavy atom.